The Kier molecular flexibility index (Phi) is 10.8. The zero-order chi connectivity index (χ0) is 19.5. The lowest BCUT2D eigenvalue weighted by molar-refractivity contribution is -0.114. The van der Waals surface area contributed by atoms with Crippen molar-refractivity contribution in [3.63, 3.8) is 0 Å². The number of nitrogens with zero attached hydrogens (tertiary/aromatic N) is 2. The summed E-state index contributed by atoms with van der Waals surface area (Å²) in [5.41, 5.74) is 0.618. The Morgan fingerprint density at radius 1 is 1.29 bits per heavy atom. The van der Waals surface area contributed by atoms with Gasteiger partial charge in [-0.15, -0.1) is 24.0 Å². The van der Waals surface area contributed by atoms with Gasteiger partial charge in [0.15, 0.2) is 5.96 Å². The molecule has 28 heavy (non-hydrogen) atoms. The summed E-state index contributed by atoms with van der Waals surface area (Å²) in [6.07, 6.45) is 2.98. The van der Waals surface area contributed by atoms with E-state index < -0.39 is 0 Å². The topological polar surface area (TPSA) is 87.6 Å². The van der Waals surface area contributed by atoms with Gasteiger partial charge in [0.25, 0.3) is 0 Å². The number of halogens is 2. The number of ether oxygens (including phenoxy) is 1. The fourth-order valence-electron chi connectivity index (χ4n) is 2.18. The molecule has 3 N–H and O–H groups in total. The Morgan fingerprint density at radius 3 is 2.79 bits per heavy atom. The van der Waals surface area contributed by atoms with Crippen molar-refractivity contribution in [2.75, 3.05) is 25.0 Å². The minimum Gasteiger partial charge on any atom is -0.489 e. The number of pyridine rings is 1. The molecule has 2 rings (SSSR count). The van der Waals surface area contributed by atoms with Crippen LogP contribution in [0.2, 0.25) is 0 Å². The van der Waals surface area contributed by atoms with E-state index in [1.54, 1.807) is 36.7 Å². The lowest BCUT2D eigenvalue weighted by atomic mass is 10.3. The summed E-state index contributed by atoms with van der Waals surface area (Å²) in [5.74, 6) is 0.363. The number of carbonyl (C=O) groups excluding carboxylic acids is 1. The maximum Gasteiger partial charge on any atom is 0.246 e. The highest BCUT2D eigenvalue weighted by Crippen LogP contribution is 2.13. The molecule has 1 atom stereocenters. The highest BCUT2D eigenvalue weighted by atomic mass is 127. The van der Waals surface area contributed by atoms with E-state index in [-0.39, 0.29) is 48.3 Å². The zero-order valence-electron chi connectivity index (χ0n) is 15.8. The van der Waals surface area contributed by atoms with Gasteiger partial charge in [-0.1, -0.05) is 6.07 Å². The standard InChI is InChI=1S/C19H24FN5O2.HI/c1-3-22-19(24-13-18(26)25-16-7-5-9-21-12-16)23-11-14(2)27-17-8-4-6-15(20)10-17;/h4-10,12,14H,3,11,13H2,1-2H3,(H,25,26)(H2,22,23,24);1H. The van der Waals surface area contributed by atoms with Crippen LogP contribution >= 0.6 is 24.0 Å². The fourth-order valence-corrected chi connectivity index (χ4v) is 2.18. The van der Waals surface area contributed by atoms with E-state index in [2.05, 4.69) is 25.9 Å². The summed E-state index contributed by atoms with van der Waals surface area (Å²) < 4.78 is 18.9. The molecule has 1 unspecified atom stereocenters. The van der Waals surface area contributed by atoms with Gasteiger partial charge in [0.2, 0.25) is 5.91 Å². The van der Waals surface area contributed by atoms with Crippen LogP contribution in [-0.2, 0) is 4.79 Å². The number of hydrogen-bond donors (Lipinski definition) is 3. The largest absolute Gasteiger partial charge is 0.489 e. The number of rotatable bonds is 8. The van der Waals surface area contributed by atoms with Crippen LogP contribution in [0.25, 0.3) is 0 Å². The van der Waals surface area contributed by atoms with Crippen LogP contribution in [0.1, 0.15) is 13.8 Å². The van der Waals surface area contributed by atoms with E-state index in [0.717, 1.165) is 0 Å². The molecule has 1 aromatic heterocycles. The third-order valence-electron chi connectivity index (χ3n) is 3.36. The SMILES string of the molecule is CCNC(=NCC(=O)Nc1cccnc1)NCC(C)Oc1cccc(F)c1.I. The van der Waals surface area contributed by atoms with Crippen LogP contribution in [0.4, 0.5) is 10.1 Å². The highest BCUT2D eigenvalue weighted by Gasteiger charge is 2.07. The van der Waals surface area contributed by atoms with Gasteiger partial charge in [-0.2, -0.15) is 0 Å². The number of hydrogen-bond acceptors (Lipinski definition) is 4. The molecule has 0 fully saturated rings. The molecule has 152 valence electrons. The predicted octanol–water partition coefficient (Wildman–Crippen LogP) is 2.80. The summed E-state index contributed by atoms with van der Waals surface area (Å²) in [6, 6.07) is 9.48. The van der Waals surface area contributed by atoms with Crippen molar-refractivity contribution < 1.29 is 13.9 Å². The normalized spacial score (nSPS) is 11.8. The van der Waals surface area contributed by atoms with E-state index in [9.17, 15) is 9.18 Å². The number of anilines is 1. The van der Waals surface area contributed by atoms with Crippen LogP contribution in [0.3, 0.4) is 0 Å². The first kappa shape index (κ1) is 23.6. The summed E-state index contributed by atoms with van der Waals surface area (Å²) in [6.45, 7) is 4.83. The number of guanidine groups is 1. The lowest BCUT2D eigenvalue weighted by Crippen LogP contribution is -2.42. The Bertz CT molecular complexity index is 761. The first-order chi connectivity index (χ1) is 13.1. The van der Waals surface area contributed by atoms with Crippen LogP contribution in [-0.4, -0.2) is 42.6 Å². The fraction of sp³-hybridized carbons (Fsp3) is 0.316. The number of aromatic nitrogens is 1. The molecule has 0 aliphatic heterocycles. The molecule has 0 aliphatic carbocycles. The second-order valence-electron chi connectivity index (χ2n) is 5.75. The van der Waals surface area contributed by atoms with Gasteiger partial charge >= 0.3 is 0 Å². The molecule has 7 nitrogen and oxygen atoms in total. The van der Waals surface area contributed by atoms with Gasteiger partial charge in [0, 0.05) is 18.8 Å². The third-order valence-corrected chi connectivity index (χ3v) is 3.36. The van der Waals surface area contributed by atoms with Crippen molar-refractivity contribution >= 4 is 41.5 Å². The second-order valence-corrected chi connectivity index (χ2v) is 5.75. The number of amides is 1. The van der Waals surface area contributed by atoms with E-state index in [4.69, 9.17) is 4.74 Å². The maximum atomic E-state index is 13.2. The minimum atomic E-state index is -0.345. The van der Waals surface area contributed by atoms with Crippen LogP contribution in [0, 0.1) is 5.82 Å². The lowest BCUT2D eigenvalue weighted by Gasteiger charge is -2.17. The van der Waals surface area contributed by atoms with Gasteiger partial charge in [0.1, 0.15) is 24.2 Å². The van der Waals surface area contributed by atoms with Crippen LogP contribution < -0.4 is 20.7 Å². The van der Waals surface area contributed by atoms with Crippen molar-refractivity contribution in [1.29, 1.82) is 0 Å². The minimum absolute atomic E-state index is 0. The monoisotopic (exact) mass is 501 g/mol. The molecule has 1 heterocycles. The van der Waals surface area contributed by atoms with Crippen molar-refractivity contribution in [3.05, 3.63) is 54.6 Å². The van der Waals surface area contributed by atoms with Gasteiger partial charge < -0.3 is 20.7 Å². The molecule has 9 heteroatoms. The molecular weight excluding hydrogens is 476 g/mol. The Morgan fingerprint density at radius 2 is 2.11 bits per heavy atom. The van der Waals surface area contributed by atoms with E-state index >= 15 is 0 Å². The molecular formula is C19H25FIN5O2. The molecule has 0 saturated heterocycles. The van der Waals surface area contributed by atoms with E-state index in [1.165, 1.54) is 12.1 Å². The quantitative estimate of drug-likeness (QED) is 0.294. The van der Waals surface area contributed by atoms with E-state index in [1.807, 2.05) is 13.8 Å². The first-order valence-electron chi connectivity index (χ1n) is 8.71. The molecule has 1 amide bonds. The third kappa shape index (κ3) is 8.98. The Hall–Kier alpha value is -2.43. The van der Waals surface area contributed by atoms with Crippen molar-refractivity contribution in [1.82, 2.24) is 15.6 Å². The first-order valence-corrected chi connectivity index (χ1v) is 8.71. The zero-order valence-corrected chi connectivity index (χ0v) is 18.1. The molecule has 2 aromatic rings. The summed E-state index contributed by atoms with van der Waals surface area (Å²) in [5, 5.41) is 8.88. The molecule has 0 spiro atoms. The number of carbonyl (C=O) groups is 1. The smallest absolute Gasteiger partial charge is 0.246 e. The number of aliphatic imine (C=N–C) groups is 1. The Balaban J connectivity index is 0.00000392. The molecule has 0 radical (unpaired) electrons. The predicted molar refractivity (Wildman–Crippen MR) is 119 cm³/mol. The van der Waals surface area contributed by atoms with Gasteiger partial charge in [-0.3, -0.25) is 9.78 Å². The molecule has 1 aromatic carbocycles. The van der Waals surface area contributed by atoms with Crippen molar-refractivity contribution in [2.45, 2.75) is 20.0 Å². The second kappa shape index (κ2) is 12.9. The van der Waals surface area contributed by atoms with Crippen molar-refractivity contribution in [2.24, 2.45) is 4.99 Å². The van der Waals surface area contributed by atoms with Crippen LogP contribution in [0.15, 0.2) is 53.8 Å². The Labute approximate surface area is 181 Å². The summed E-state index contributed by atoms with van der Waals surface area (Å²) in [4.78, 5) is 20.2. The van der Waals surface area contributed by atoms with Gasteiger partial charge in [-0.25, -0.2) is 9.38 Å². The average molecular weight is 501 g/mol. The maximum absolute atomic E-state index is 13.2. The van der Waals surface area contributed by atoms with Gasteiger partial charge in [-0.05, 0) is 38.1 Å². The summed E-state index contributed by atoms with van der Waals surface area (Å²) >= 11 is 0. The number of nitrogens with one attached hydrogen (secondary N) is 3. The van der Waals surface area contributed by atoms with Gasteiger partial charge in [0.05, 0.1) is 18.4 Å². The number of benzene rings is 1. The molecule has 0 aliphatic rings. The van der Waals surface area contributed by atoms with Crippen LogP contribution in [0.5, 0.6) is 5.75 Å². The summed E-state index contributed by atoms with van der Waals surface area (Å²) in [7, 11) is 0. The molecule has 0 bridgehead atoms. The van der Waals surface area contributed by atoms with Crippen molar-refractivity contribution in [3.8, 4) is 5.75 Å². The average Bonchev–Trinajstić information content (AvgIpc) is 2.65. The van der Waals surface area contributed by atoms with E-state index in [0.29, 0.717) is 30.5 Å². The highest BCUT2D eigenvalue weighted by molar-refractivity contribution is 14.0. The molecule has 0 saturated carbocycles.